The lowest BCUT2D eigenvalue weighted by atomic mass is 9.87. The topological polar surface area (TPSA) is 47.6 Å². The van der Waals surface area contributed by atoms with Crippen molar-refractivity contribution in [2.75, 3.05) is 19.8 Å². The number of nitrogens with one attached hydrogen (secondary N) is 1. The highest BCUT2D eigenvalue weighted by atomic mass is 16.5. The molecule has 0 bridgehead atoms. The summed E-state index contributed by atoms with van der Waals surface area (Å²) in [5, 5.41) is 3.56. The number of hydrogen-bond acceptors (Lipinski definition) is 4. The molecular formula is C14H25NO3. The SMILES string of the molecule is CCOC(=O)C1(NC2CCCCC2)CCCOC1. The van der Waals surface area contributed by atoms with Gasteiger partial charge >= 0.3 is 5.97 Å². The quantitative estimate of drug-likeness (QED) is 0.781. The summed E-state index contributed by atoms with van der Waals surface area (Å²) < 4.78 is 10.8. The zero-order valence-corrected chi connectivity index (χ0v) is 11.4. The van der Waals surface area contributed by atoms with E-state index >= 15 is 0 Å². The molecule has 2 rings (SSSR count). The first-order valence-electron chi connectivity index (χ1n) is 7.29. The van der Waals surface area contributed by atoms with Crippen LogP contribution in [0, 0.1) is 0 Å². The Morgan fingerprint density at radius 3 is 2.72 bits per heavy atom. The van der Waals surface area contributed by atoms with Crippen molar-refractivity contribution in [3.63, 3.8) is 0 Å². The molecule has 0 spiro atoms. The van der Waals surface area contributed by atoms with Crippen LogP contribution in [0.5, 0.6) is 0 Å². The first-order valence-corrected chi connectivity index (χ1v) is 7.29. The van der Waals surface area contributed by atoms with Gasteiger partial charge in [-0.3, -0.25) is 5.32 Å². The second-order valence-electron chi connectivity index (χ2n) is 5.44. The van der Waals surface area contributed by atoms with E-state index in [-0.39, 0.29) is 5.97 Å². The van der Waals surface area contributed by atoms with Crippen LogP contribution >= 0.6 is 0 Å². The van der Waals surface area contributed by atoms with Crippen molar-refractivity contribution in [1.82, 2.24) is 5.32 Å². The van der Waals surface area contributed by atoms with Crippen LogP contribution in [0.3, 0.4) is 0 Å². The Bertz CT molecular complexity index is 268. The van der Waals surface area contributed by atoms with Crippen molar-refractivity contribution in [3.05, 3.63) is 0 Å². The maximum atomic E-state index is 12.2. The van der Waals surface area contributed by atoms with Crippen LogP contribution in [-0.4, -0.2) is 37.4 Å². The smallest absolute Gasteiger partial charge is 0.328 e. The Morgan fingerprint density at radius 2 is 2.11 bits per heavy atom. The molecule has 0 amide bonds. The van der Waals surface area contributed by atoms with Crippen LogP contribution in [0.15, 0.2) is 0 Å². The molecule has 2 aliphatic rings. The van der Waals surface area contributed by atoms with Gasteiger partial charge in [-0.2, -0.15) is 0 Å². The molecule has 2 fully saturated rings. The second kappa shape index (κ2) is 6.53. The van der Waals surface area contributed by atoms with Crippen molar-refractivity contribution < 1.29 is 14.3 Å². The van der Waals surface area contributed by atoms with E-state index in [0.717, 1.165) is 19.4 Å². The Morgan fingerprint density at radius 1 is 1.33 bits per heavy atom. The molecule has 1 N–H and O–H groups in total. The second-order valence-corrected chi connectivity index (χ2v) is 5.44. The van der Waals surface area contributed by atoms with Gasteiger partial charge in [0.05, 0.1) is 13.2 Å². The largest absolute Gasteiger partial charge is 0.465 e. The molecule has 1 heterocycles. The van der Waals surface area contributed by atoms with Gasteiger partial charge in [0, 0.05) is 12.6 Å². The van der Waals surface area contributed by atoms with Crippen molar-refractivity contribution in [2.24, 2.45) is 0 Å². The van der Waals surface area contributed by atoms with Crippen LogP contribution in [0.1, 0.15) is 51.9 Å². The lowest BCUT2D eigenvalue weighted by molar-refractivity contribution is -0.158. The molecular weight excluding hydrogens is 230 g/mol. The van der Waals surface area contributed by atoms with E-state index in [1.807, 2.05) is 6.92 Å². The molecule has 0 aromatic heterocycles. The van der Waals surface area contributed by atoms with Gasteiger partial charge in [-0.1, -0.05) is 19.3 Å². The fraction of sp³-hybridized carbons (Fsp3) is 0.929. The molecule has 4 nitrogen and oxygen atoms in total. The number of rotatable bonds is 4. The van der Waals surface area contributed by atoms with Crippen LogP contribution in [0.25, 0.3) is 0 Å². The average molecular weight is 255 g/mol. The number of carbonyl (C=O) groups excluding carboxylic acids is 1. The molecule has 18 heavy (non-hydrogen) atoms. The van der Waals surface area contributed by atoms with Gasteiger partial charge in [0.2, 0.25) is 0 Å². The van der Waals surface area contributed by atoms with E-state index < -0.39 is 5.54 Å². The zero-order valence-electron chi connectivity index (χ0n) is 11.4. The third-order valence-corrected chi connectivity index (χ3v) is 3.99. The minimum Gasteiger partial charge on any atom is -0.465 e. The van der Waals surface area contributed by atoms with Gasteiger partial charge in [0.1, 0.15) is 5.54 Å². The predicted octanol–water partition coefficient (Wildman–Crippen LogP) is 2.02. The maximum Gasteiger partial charge on any atom is 0.328 e. The summed E-state index contributed by atoms with van der Waals surface area (Å²) in [6.07, 6.45) is 7.94. The lowest BCUT2D eigenvalue weighted by Crippen LogP contribution is -2.61. The summed E-state index contributed by atoms with van der Waals surface area (Å²) in [7, 11) is 0. The third kappa shape index (κ3) is 3.23. The molecule has 1 atom stereocenters. The molecule has 0 radical (unpaired) electrons. The highest BCUT2D eigenvalue weighted by molar-refractivity contribution is 5.81. The first-order chi connectivity index (χ1) is 8.77. The fourth-order valence-electron chi connectivity index (χ4n) is 3.04. The van der Waals surface area contributed by atoms with Gasteiger partial charge in [0.15, 0.2) is 0 Å². The van der Waals surface area contributed by atoms with Gasteiger partial charge in [-0.25, -0.2) is 4.79 Å². The first kappa shape index (κ1) is 13.8. The minimum atomic E-state index is -0.587. The van der Waals surface area contributed by atoms with E-state index in [0.29, 0.717) is 19.3 Å². The maximum absolute atomic E-state index is 12.2. The average Bonchev–Trinajstić information content (AvgIpc) is 2.41. The van der Waals surface area contributed by atoms with Gasteiger partial charge < -0.3 is 9.47 Å². The third-order valence-electron chi connectivity index (χ3n) is 3.99. The molecule has 1 aliphatic carbocycles. The van der Waals surface area contributed by atoms with Crippen LogP contribution < -0.4 is 5.32 Å². The Balaban J connectivity index is 2.00. The Hall–Kier alpha value is -0.610. The highest BCUT2D eigenvalue weighted by Gasteiger charge is 2.43. The summed E-state index contributed by atoms with van der Waals surface area (Å²) in [5.41, 5.74) is -0.587. The number of carbonyl (C=O) groups is 1. The molecule has 4 heteroatoms. The predicted molar refractivity (Wildman–Crippen MR) is 69.4 cm³/mol. The molecule has 0 aromatic rings. The Labute approximate surface area is 109 Å². The summed E-state index contributed by atoms with van der Waals surface area (Å²) in [5.74, 6) is -0.129. The molecule has 1 unspecified atom stereocenters. The molecule has 104 valence electrons. The molecule has 1 aliphatic heterocycles. The monoisotopic (exact) mass is 255 g/mol. The molecule has 1 saturated heterocycles. The highest BCUT2D eigenvalue weighted by Crippen LogP contribution is 2.26. The minimum absolute atomic E-state index is 0.129. The summed E-state index contributed by atoms with van der Waals surface area (Å²) in [4.78, 5) is 12.2. The van der Waals surface area contributed by atoms with Crippen LogP contribution in [-0.2, 0) is 14.3 Å². The van der Waals surface area contributed by atoms with Crippen molar-refractivity contribution in [1.29, 1.82) is 0 Å². The van der Waals surface area contributed by atoms with E-state index in [1.165, 1.54) is 32.1 Å². The number of esters is 1. The van der Waals surface area contributed by atoms with E-state index in [1.54, 1.807) is 0 Å². The van der Waals surface area contributed by atoms with Crippen molar-refractivity contribution >= 4 is 5.97 Å². The molecule has 0 aromatic carbocycles. The van der Waals surface area contributed by atoms with Crippen molar-refractivity contribution in [3.8, 4) is 0 Å². The lowest BCUT2D eigenvalue weighted by Gasteiger charge is -2.39. The summed E-state index contributed by atoms with van der Waals surface area (Å²) in [6, 6.07) is 0.449. The molecule has 1 saturated carbocycles. The van der Waals surface area contributed by atoms with Crippen molar-refractivity contribution in [2.45, 2.75) is 63.5 Å². The van der Waals surface area contributed by atoms with E-state index in [9.17, 15) is 4.79 Å². The van der Waals surface area contributed by atoms with Gasteiger partial charge in [-0.05, 0) is 32.6 Å². The van der Waals surface area contributed by atoms with Gasteiger partial charge in [-0.15, -0.1) is 0 Å². The summed E-state index contributed by atoms with van der Waals surface area (Å²) in [6.45, 7) is 3.51. The van der Waals surface area contributed by atoms with E-state index in [4.69, 9.17) is 9.47 Å². The number of ether oxygens (including phenoxy) is 2. The fourth-order valence-corrected chi connectivity index (χ4v) is 3.04. The van der Waals surface area contributed by atoms with Crippen LogP contribution in [0.2, 0.25) is 0 Å². The normalized spacial score (nSPS) is 30.1. The zero-order chi connectivity index (χ0) is 12.8. The van der Waals surface area contributed by atoms with Crippen LogP contribution in [0.4, 0.5) is 0 Å². The summed E-state index contributed by atoms with van der Waals surface area (Å²) >= 11 is 0. The van der Waals surface area contributed by atoms with E-state index in [2.05, 4.69) is 5.32 Å². The Kier molecular flexibility index (Phi) is 5.01. The standard InChI is InChI=1S/C14H25NO3/c1-2-18-13(16)14(9-6-10-17-11-14)15-12-7-4-3-5-8-12/h12,15H,2-11H2,1H3. The van der Waals surface area contributed by atoms with Gasteiger partial charge in [0.25, 0.3) is 0 Å². The number of hydrogen-bond donors (Lipinski definition) is 1.